The third kappa shape index (κ3) is 1.07. The molecule has 0 spiro atoms. The second-order valence-electron chi connectivity index (χ2n) is 2.12. The Morgan fingerprint density at radius 1 is 1.58 bits per heavy atom. The smallest absolute Gasteiger partial charge is 0.362 e. The van der Waals surface area contributed by atoms with Gasteiger partial charge in [-0.15, -0.1) is 16.1 Å². The minimum atomic E-state index is 0.0208. The Bertz CT molecular complexity index is 361. The van der Waals surface area contributed by atoms with Crippen LogP contribution in [0.5, 0.6) is 5.06 Å². The minimum Gasteiger partial charge on any atom is -0.617 e. The lowest BCUT2D eigenvalue weighted by Crippen LogP contribution is -2.24. The van der Waals surface area contributed by atoms with E-state index < -0.39 is 0 Å². The first-order valence-corrected chi connectivity index (χ1v) is 4.85. The Balaban J connectivity index is 2.60. The third-order valence-corrected chi connectivity index (χ3v) is 2.91. The van der Waals surface area contributed by atoms with E-state index in [-0.39, 0.29) is 5.06 Å². The zero-order valence-electron chi connectivity index (χ0n) is 5.85. The van der Waals surface area contributed by atoms with E-state index in [0.717, 1.165) is 16.2 Å². The van der Waals surface area contributed by atoms with Crippen molar-refractivity contribution in [3.05, 3.63) is 28.2 Å². The molecule has 0 amide bonds. The van der Waals surface area contributed by atoms with E-state index in [1.807, 2.05) is 11.4 Å². The van der Waals surface area contributed by atoms with Gasteiger partial charge in [-0.2, -0.15) is 0 Å². The largest absolute Gasteiger partial charge is 0.617 e. The van der Waals surface area contributed by atoms with Crippen LogP contribution in [-0.2, 0) is 0 Å². The van der Waals surface area contributed by atoms with Gasteiger partial charge in [0, 0.05) is 0 Å². The molecule has 0 aliphatic heterocycles. The van der Waals surface area contributed by atoms with Crippen LogP contribution in [-0.4, -0.2) is 5.11 Å². The molecule has 61 valence electrons. The number of thiazole rings is 1. The highest BCUT2D eigenvalue weighted by Gasteiger charge is 2.18. The molecule has 0 aliphatic carbocycles. The predicted molar refractivity (Wildman–Crippen MR) is 47.1 cm³/mol. The summed E-state index contributed by atoms with van der Waals surface area (Å²) in [7, 11) is 0. The van der Waals surface area contributed by atoms with Crippen LogP contribution in [0.25, 0.3) is 10.6 Å². The molecule has 1 N–H and O–H groups in total. The van der Waals surface area contributed by atoms with Gasteiger partial charge in [0.05, 0.1) is 0 Å². The van der Waals surface area contributed by atoms with Crippen molar-refractivity contribution in [2.75, 3.05) is 0 Å². The minimum absolute atomic E-state index is 0.0208. The number of nitrogens with zero attached hydrogens (tertiary/aromatic N) is 1. The lowest BCUT2D eigenvalue weighted by atomic mass is 10.4. The first-order valence-electron chi connectivity index (χ1n) is 3.16. The zero-order chi connectivity index (χ0) is 8.55. The standard InChI is InChI=1S/C7H4NO2S2/c9-7-6(8(10)4-12-7)5-2-1-3-11-5/h1-3,9H. The Labute approximate surface area is 76.7 Å². The highest BCUT2D eigenvalue weighted by Crippen LogP contribution is 2.32. The normalized spacial score (nSPS) is 10.3. The molecular formula is C7H4NO2S2. The van der Waals surface area contributed by atoms with Crippen LogP contribution in [0.2, 0.25) is 0 Å². The van der Waals surface area contributed by atoms with E-state index in [1.165, 1.54) is 11.3 Å². The molecule has 0 saturated carbocycles. The summed E-state index contributed by atoms with van der Waals surface area (Å²) in [5.74, 6) is 0. The maximum atomic E-state index is 11.1. The van der Waals surface area contributed by atoms with E-state index >= 15 is 0 Å². The van der Waals surface area contributed by atoms with Crippen molar-refractivity contribution >= 4 is 22.7 Å². The van der Waals surface area contributed by atoms with Gasteiger partial charge in [0.15, 0.2) is 0 Å². The first-order chi connectivity index (χ1) is 5.79. The van der Waals surface area contributed by atoms with Gasteiger partial charge in [-0.1, -0.05) is 6.07 Å². The van der Waals surface area contributed by atoms with Crippen molar-refractivity contribution in [1.82, 2.24) is 0 Å². The summed E-state index contributed by atoms with van der Waals surface area (Å²) < 4.78 is 0.561. The molecule has 5 heteroatoms. The Morgan fingerprint density at radius 2 is 2.42 bits per heavy atom. The van der Waals surface area contributed by atoms with Gasteiger partial charge in [0.2, 0.25) is 0 Å². The molecule has 0 atom stereocenters. The van der Waals surface area contributed by atoms with Crippen molar-refractivity contribution in [2.45, 2.75) is 0 Å². The molecule has 1 radical (unpaired) electrons. The van der Waals surface area contributed by atoms with E-state index in [2.05, 4.69) is 5.51 Å². The molecule has 0 saturated heterocycles. The van der Waals surface area contributed by atoms with Crippen LogP contribution in [0.3, 0.4) is 0 Å². The van der Waals surface area contributed by atoms with Crippen molar-refractivity contribution in [1.29, 1.82) is 0 Å². The number of aromatic nitrogens is 1. The van der Waals surface area contributed by atoms with Crippen molar-refractivity contribution in [3.63, 3.8) is 0 Å². The summed E-state index contributed by atoms with van der Waals surface area (Å²) in [5, 5.41) is 22.2. The number of rotatable bonds is 1. The van der Waals surface area contributed by atoms with Crippen molar-refractivity contribution < 1.29 is 9.84 Å². The quantitative estimate of drug-likeness (QED) is 0.559. The predicted octanol–water partition coefficient (Wildman–Crippen LogP) is 1.62. The fourth-order valence-electron chi connectivity index (χ4n) is 0.884. The highest BCUT2D eigenvalue weighted by molar-refractivity contribution is 7.14. The van der Waals surface area contributed by atoms with Crippen LogP contribution in [0, 0.1) is 10.7 Å². The van der Waals surface area contributed by atoms with Crippen molar-refractivity contribution in [2.24, 2.45) is 0 Å². The maximum absolute atomic E-state index is 11.1. The first kappa shape index (κ1) is 7.57. The van der Waals surface area contributed by atoms with Gasteiger partial charge >= 0.3 is 5.51 Å². The molecule has 2 rings (SSSR count). The van der Waals surface area contributed by atoms with E-state index in [9.17, 15) is 10.3 Å². The number of hydrogen-bond acceptors (Lipinski definition) is 4. The summed E-state index contributed by atoms with van der Waals surface area (Å²) in [4.78, 5) is 0.764. The average Bonchev–Trinajstić information content (AvgIpc) is 2.61. The topological polar surface area (TPSA) is 47.2 Å². The van der Waals surface area contributed by atoms with Crippen LogP contribution >= 0.6 is 22.7 Å². The molecule has 0 unspecified atom stereocenters. The Hall–Kier alpha value is -1.07. The van der Waals surface area contributed by atoms with E-state index in [1.54, 1.807) is 6.07 Å². The lowest BCUT2D eigenvalue weighted by molar-refractivity contribution is -0.592. The third-order valence-electron chi connectivity index (χ3n) is 1.39. The molecule has 12 heavy (non-hydrogen) atoms. The zero-order valence-corrected chi connectivity index (χ0v) is 7.48. The maximum Gasteiger partial charge on any atom is 0.362 e. The number of hydrogen-bond donors (Lipinski definition) is 1. The molecular weight excluding hydrogens is 194 g/mol. The van der Waals surface area contributed by atoms with Crippen LogP contribution in [0.15, 0.2) is 17.5 Å². The molecule has 0 aromatic carbocycles. The average molecular weight is 198 g/mol. The van der Waals surface area contributed by atoms with Gasteiger partial charge in [-0.05, 0) is 22.8 Å². The van der Waals surface area contributed by atoms with Gasteiger partial charge in [-0.3, -0.25) is 0 Å². The summed E-state index contributed by atoms with van der Waals surface area (Å²) in [6.45, 7) is 0. The number of thiophene rings is 1. The van der Waals surface area contributed by atoms with Crippen LogP contribution < -0.4 is 4.73 Å². The molecule has 0 aliphatic rings. The van der Waals surface area contributed by atoms with Crippen LogP contribution in [0.4, 0.5) is 0 Å². The summed E-state index contributed by atoms with van der Waals surface area (Å²) in [6.07, 6.45) is 0. The van der Waals surface area contributed by atoms with E-state index in [4.69, 9.17) is 0 Å². The molecule has 2 heterocycles. The summed E-state index contributed by atoms with van der Waals surface area (Å²) >= 11 is 2.33. The molecule has 2 aromatic rings. The monoisotopic (exact) mass is 198 g/mol. The fourth-order valence-corrected chi connectivity index (χ4v) is 2.25. The Morgan fingerprint density at radius 3 is 2.92 bits per heavy atom. The SMILES string of the molecule is [O-][n+]1[c]sc(O)c1-c1cccs1. The molecule has 0 fully saturated rings. The van der Waals surface area contributed by atoms with Gasteiger partial charge in [0.25, 0.3) is 10.8 Å². The summed E-state index contributed by atoms with van der Waals surface area (Å²) in [5.41, 5.74) is 2.69. The Kier molecular flexibility index (Phi) is 1.74. The highest BCUT2D eigenvalue weighted by atomic mass is 32.1. The second-order valence-corrected chi connectivity index (χ2v) is 3.84. The molecule has 2 aromatic heterocycles. The lowest BCUT2D eigenvalue weighted by Gasteiger charge is -1.93. The summed E-state index contributed by atoms with van der Waals surface area (Å²) in [6, 6.07) is 3.62. The second kappa shape index (κ2) is 2.76. The van der Waals surface area contributed by atoms with Crippen LogP contribution in [0.1, 0.15) is 0 Å². The fraction of sp³-hybridized carbons (Fsp3) is 0. The van der Waals surface area contributed by atoms with Gasteiger partial charge in [-0.25, -0.2) is 0 Å². The molecule has 0 bridgehead atoms. The van der Waals surface area contributed by atoms with Gasteiger partial charge < -0.3 is 10.3 Å². The number of aromatic hydroxyl groups is 1. The van der Waals surface area contributed by atoms with Gasteiger partial charge in [0.1, 0.15) is 4.88 Å². The van der Waals surface area contributed by atoms with Crippen molar-refractivity contribution in [3.8, 4) is 15.6 Å². The van der Waals surface area contributed by atoms with E-state index in [0.29, 0.717) is 10.4 Å². The molecule has 3 nitrogen and oxygen atoms in total.